The first-order valence-electron chi connectivity index (χ1n) is 5.13. The van der Waals surface area contributed by atoms with Gasteiger partial charge in [0.25, 0.3) is 0 Å². The van der Waals surface area contributed by atoms with Crippen molar-refractivity contribution in [1.82, 2.24) is 0 Å². The molecular formula is C10H21NOS. The van der Waals surface area contributed by atoms with E-state index < -0.39 is 9.73 Å². The van der Waals surface area contributed by atoms with E-state index >= 15 is 0 Å². The summed E-state index contributed by atoms with van der Waals surface area (Å²) in [6.07, 6.45) is 4.24. The van der Waals surface area contributed by atoms with Crippen molar-refractivity contribution in [3.8, 4) is 0 Å². The van der Waals surface area contributed by atoms with Gasteiger partial charge in [-0.1, -0.05) is 20.8 Å². The van der Waals surface area contributed by atoms with Crippen LogP contribution in [0.1, 0.15) is 46.5 Å². The Morgan fingerprint density at radius 2 is 1.85 bits per heavy atom. The van der Waals surface area contributed by atoms with Crippen LogP contribution < -0.4 is 0 Å². The number of nitrogens with one attached hydrogen (secondary N) is 1. The van der Waals surface area contributed by atoms with Crippen LogP contribution in [0.5, 0.6) is 0 Å². The van der Waals surface area contributed by atoms with Gasteiger partial charge in [-0.2, -0.15) is 0 Å². The second-order valence-corrected chi connectivity index (χ2v) is 7.58. The molecule has 3 heteroatoms. The van der Waals surface area contributed by atoms with E-state index in [1.807, 2.05) is 6.92 Å². The standard InChI is InChI=1S/C10H21NOS/c1-4-13(11,12)9-5-7-10(2,3)8-6-9/h9,11H,4-8H2,1-3H3. The zero-order chi connectivity index (χ0) is 10.1. The molecule has 1 aliphatic carbocycles. The molecule has 1 saturated carbocycles. The molecule has 0 bridgehead atoms. The molecule has 0 radical (unpaired) electrons. The largest absolute Gasteiger partial charge is 0.253 e. The van der Waals surface area contributed by atoms with E-state index in [2.05, 4.69) is 13.8 Å². The highest BCUT2D eigenvalue weighted by atomic mass is 32.2. The number of rotatable bonds is 2. The summed E-state index contributed by atoms with van der Waals surface area (Å²) in [5.41, 5.74) is 0.416. The van der Waals surface area contributed by atoms with E-state index in [9.17, 15) is 4.21 Å². The van der Waals surface area contributed by atoms with Gasteiger partial charge >= 0.3 is 0 Å². The summed E-state index contributed by atoms with van der Waals surface area (Å²) in [6.45, 7) is 6.40. The van der Waals surface area contributed by atoms with Crippen molar-refractivity contribution in [3.05, 3.63) is 0 Å². The lowest BCUT2D eigenvalue weighted by molar-refractivity contribution is 0.247. The van der Waals surface area contributed by atoms with Crippen LogP contribution in [0.2, 0.25) is 0 Å². The molecule has 1 rings (SSSR count). The molecule has 0 spiro atoms. The molecule has 1 aliphatic rings. The summed E-state index contributed by atoms with van der Waals surface area (Å²) in [4.78, 5) is 0. The molecule has 0 aromatic rings. The molecule has 1 unspecified atom stereocenters. The Morgan fingerprint density at radius 3 is 2.23 bits per heavy atom. The van der Waals surface area contributed by atoms with Gasteiger partial charge in [-0.05, 0) is 31.1 Å². The van der Waals surface area contributed by atoms with Gasteiger partial charge in [0.2, 0.25) is 0 Å². The van der Waals surface area contributed by atoms with Crippen molar-refractivity contribution in [2.45, 2.75) is 51.7 Å². The van der Waals surface area contributed by atoms with Crippen LogP contribution in [-0.2, 0) is 9.73 Å². The molecule has 0 saturated heterocycles. The summed E-state index contributed by atoms with van der Waals surface area (Å²) in [5, 5.41) is 0.172. The maximum Gasteiger partial charge on any atom is 0.0467 e. The van der Waals surface area contributed by atoms with Crippen LogP contribution in [0.3, 0.4) is 0 Å². The van der Waals surface area contributed by atoms with Crippen molar-refractivity contribution in [3.63, 3.8) is 0 Å². The minimum absolute atomic E-state index is 0.172. The normalized spacial score (nSPS) is 28.2. The molecule has 2 nitrogen and oxygen atoms in total. The smallest absolute Gasteiger partial charge is 0.0467 e. The minimum atomic E-state index is -2.27. The molecule has 0 aromatic carbocycles. The molecule has 0 heterocycles. The first kappa shape index (κ1) is 11.0. The van der Waals surface area contributed by atoms with Crippen LogP contribution >= 0.6 is 0 Å². The minimum Gasteiger partial charge on any atom is -0.253 e. The highest BCUT2D eigenvalue weighted by Gasteiger charge is 2.31. The Labute approximate surface area is 82.1 Å². The molecule has 0 aromatic heterocycles. The molecule has 1 fully saturated rings. The topological polar surface area (TPSA) is 40.9 Å². The summed E-state index contributed by atoms with van der Waals surface area (Å²) in [7, 11) is -2.27. The summed E-state index contributed by atoms with van der Waals surface area (Å²) >= 11 is 0. The lowest BCUT2D eigenvalue weighted by Gasteiger charge is -2.34. The Bertz CT molecular complexity index is 257. The van der Waals surface area contributed by atoms with Crippen LogP contribution in [0.25, 0.3) is 0 Å². The monoisotopic (exact) mass is 203 g/mol. The first-order valence-corrected chi connectivity index (χ1v) is 6.92. The van der Waals surface area contributed by atoms with E-state index in [1.165, 1.54) is 0 Å². The van der Waals surface area contributed by atoms with Crippen molar-refractivity contribution in [2.24, 2.45) is 5.41 Å². The van der Waals surface area contributed by atoms with E-state index in [1.54, 1.807) is 0 Å². The molecule has 78 valence electrons. The lowest BCUT2D eigenvalue weighted by atomic mass is 9.77. The molecule has 1 N–H and O–H groups in total. The summed E-state index contributed by atoms with van der Waals surface area (Å²) < 4.78 is 19.5. The summed E-state index contributed by atoms with van der Waals surface area (Å²) in [5.74, 6) is 0.526. The third-order valence-corrected chi connectivity index (χ3v) is 5.66. The average Bonchev–Trinajstić information content (AvgIpc) is 2.04. The molecule has 1 atom stereocenters. The van der Waals surface area contributed by atoms with E-state index in [0.717, 1.165) is 25.7 Å². The number of hydrogen-bond donors (Lipinski definition) is 1. The second-order valence-electron chi connectivity index (χ2n) is 4.88. The van der Waals surface area contributed by atoms with Gasteiger partial charge in [-0.15, -0.1) is 0 Å². The Kier molecular flexibility index (Phi) is 3.05. The highest BCUT2D eigenvalue weighted by molar-refractivity contribution is 7.93. The fraction of sp³-hybridized carbons (Fsp3) is 1.00. The van der Waals surface area contributed by atoms with E-state index in [0.29, 0.717) is 11.2 Å². The first-order chi connectivity index (χ1) is 5.87. The van der Waals surface area contributed by atoms with Crippen LogP contribution in [0.4, 0.5) is 0 Å². The van der Waals surface area contributed by atoms with Crippen molar-refractivity contribution in [1.29, 1.82) is 4.78 Å². The Balaban J connectivity index is 2.61. The average molecular weight is 203 g/mol. The van der Waals surface area contributed by atoms with Crippen LogP contribution in [-0.4, -0.2) is 15.2 Å². The van der Waals surface area contributed by atoms with Crippen molar-refractivity contribution >= 4 is 9.73 Å². The fourth-order valence-electron chi connectivity index (χ4n) is 1.99. The molecular weight excluding hydrogens is 182 g/mol. The Morgan fingerprint density at radius 1 is 1.38 bits per heavy atom. The van der Waals surface area contributed by atoms with Gasteiger partial charge in [0.15, 0.2) is 0 Å². The number of hydrogen-bond acceptors (Lipinski definition) is 2. The van der Waals surface area contributed by atoms with Gasteiger partial charge < -0.3 is 0 Å². The van der Waals surface area contributed by atoms with E-state index in [-0.39, 0.29) is 5.25 Å². The van der Waals surface area contributed by atoms with Gasteiger partial charge in [0.05, 0.1) is 0 Å². The van der Waals surface area contributed by atoms with Crippen molar-refractivity contribution < 1.29 is 4.21 Å². The third-order valence-electron chi connectivity index (χ3n) is 3.25. The second kappa shape index (κ2) is 3.60. The van der Waals surface area contributed by atoms with Crippen LogP contribution in [0, 0.1) is 10.2 Å². The predicted octanol–water partition coefficient (Wildman–Crippen LogP) is 3.02. The summed E-state index contributed by atoms with van der Waals surface area (Å²) in [6, 6.07) is 0. The maximum absolute atomic E-state index is 11.8. The SMILES string of the molecule is CCS(=N)(=O)C1CCC(C)(C)CC1. The molecule has 0 aliphatic heterocycles. The van der Waals surface area contributed by atoms with Crippen molar-refractivity contribution in [2.75, 3.05) is 5.75 Å². The third kappa shape index (κ3) is 2.70. The van der Waals surface area contributed by atoms with E-state index in [4.69, 9.17) is 4.78 Å². The molecule has 0 amide bonds. The quantitative estimate of drug-likeness (QED) is 0.736. The maximum atomic E-state index is 11.8. The molecule has 13 heavy (non-hydrogen) atoms. The zero-order valence-corrected chi connectivity index (χ0v) is 9.75. The highest BCUT2D eigenvalue weighted by Crippen LogP contribution is 2.37. The lowest BCUT2D eigenvalue weighted by Crippen LogP contribution is -2.30. The Hall–Kier alpha value is -0.0500. The van der Waals surface area contributed by atoms with Gasteiger partial charge in [0, 0.05) is 20.7 Å². The van der Waals surface area contributed by atoms with Gasteiger partial charge in [0.1, 0.15) is 0 Å². The van der Waals surface area contributed by atoms with Crippen LogP contribution in [0.15, 0.2) is 0 Å². The van der Waals surface area contributed by atoms with Gasteiger partial charge in [-0.3, -0.25) is 4.78 Å². The fourth-order valence-corrected chi connectivity index (χ4v) is 3.46. The van der Waals surface area contributed by atoms with Gasteiger partial charge in [-0.25, -0.2) is 4.21 Å². The zero-order valence-electron chi connectivity index (χ0n) is 8.93. The predicted molar refractivity (Wildman–Crippen MR) is 57.4 cm³/mol.